The van der Waals surface area contributed by atoms with E-state index < -0.39 is 0 Å². The van der Waals surface area contributed by atoms with E-state index in [2.05, 4.69) is 21.2 Å². The van der Waals surface area contributed by atoms with Crippen LogP contribution in [-0.4, -0.2) is 10.2 Å². The van der Waals surface area contributed by atoms with Crippen molar-refractivity contribution < 1.29 is 10.2 Å². The number of hydrogen-bond acceptors (Lipinski definition) is 3. The smallest absolute Gasteiger partial charge is 0.124 e. The predicted molar refractivity (Wildman–Crippen MR) is 80.7 cm³/mol. The van der Waals surface area contributed by atoms with Crippen molar-refractivity contribution in [1.29, 1.82) is 0 Å². The summed E-state index contributed by atoms with van der Waals surface area (Å²) in [5, 5.41) is 23.0. The third-order valence-electron chi connectivity index (χ3n) is 2.99. The monoisotopic (exact) mass is 321 g/mol. The summed E-state index contributed by atoms with van der Waals surface area (Å²) >= 11 is 3.50. The molecule has 2 rings (SSSR count). The molecule has 0 amide bonds. The fourth-order valence-corrected chi connectivity index (χ4v) is 2.64. The molecule has 0 spiro atoms. The summed E-state index contributed by atoms with van der Waals surface area (Å²) in [4.78, 5) is 0. The number of anilines is 1. The highest BCUT2D eigenvalue weighted by atomic mass is 79.9. The molecule has 0 aliphatic rings. The van der Waals surface area contributed by atoms with E-state index in [1.165, 1.54) is 0 Å². The van der Waals surface area contributed by atoms with E-state index in [1.54, 1.807) is 18.2 Å². The average Bonchev–Trinajstić information content (AvgIpc) is 2.32. The highest BCUT2D eigenvalue weighted by Crippen LogP contribution is 2.35. The Kier molecular flexibility index (Phi) is 4.00. The fraction of sp³-hybridized carbons (Fsp3) is 0.200. The quantitative estimate of drug-likeness (QED) is 0.788. The van der Waals surface area contributed by atoms with Gasteiger partial charge in [0.1, 0.15) is 11.5 Å². The number of rotatable bonds is 3. The summed E-state index contributed by atoms with van der Waals surface area (Å²) in [6.07, 6.45) is 0. The topological polar surface area (TPSA) is 52.5 Å². The Labute approximate surface area is 121 Å². The van der Waals surface area contributed by atoms with Crippen molar-refractivity contribution in [3.05, 3.63) is 52.0 Å². The summed E-state index contributed by atoms with van der Waals surface area (Å²) in [6, 6.07) is 10.5. The van der Waals surface area contributed by atoms with Crippen LogP contribution in [0.5, 0.6) is 11.5 Å². The zero-order valence-corrected chi connectivity index (χ0v) is 12.4. The van der Waals surface area contributed by atoms with Crippen LogP contribution in [0.25, 0.3) is 0 Å². The Bertz CT molecular complexity index is 578. The first-order valence-electron chi connectivity index (χ1n) is 6.02. The summed E-state index contributed by atoms with van der Waals surface area (Å²) in [5.41, 5.74) is 2.58. The van der Waals surface area contributed by atoms with Crippen LogP contribution >= 0.6 is 15.9 Å². The Morgan fingerprint density at radius 1 is 1.11 bits per heavy atom. The number of phenolic OH excluding ortho intramolecular Hbond substituents is 2. The number of aryl methyl sites for hydroxylation is 1. The Morgan fingerprint density at radius 2 is 1.74 bits per heavy atom. The van der Waals surface area contributed by atoms with Crippen LogP contribution in [0, 0.1) is 6.92 Å². The number of nitrogens with one attached hydrogen (secondary N) is 1. The SMILES string of the molecule is Cc1ccc(NC(C)c2c(O)cccc2O)c(Br)c1. The van der Waals surface area contributed by atoms with Crippen molar-refractivity contribution in [3.8, 4) is 11.5 Å². The third-order valence-corrected chi connectivity index (χ3v) is 3.65. The largest absolute Gasteiger partial charge is 0.507 e. The minimum absolute atomic E-state index is 0.0863. The average molecular weight is 322 g/mol. The van der Waals surface area contributed by atoms with Gasteiger partial charge in [-0.3, -0.25) is 0 Å². The van der Waals surface area contributed by atoms with Crippen molar-refractivity contribution in [2.45, 2.75) is 19.9 Å². The lowest BCUT2D eigenvalue weighted by Crippen LogP contribution is -2.07. The molecule has 4 heteroatoms. The first-order valence-corrected chi connectivity index (χ1v) is 6.82. The molecule has 0 saturated carbocycles. The lowest BCUT2D eigenvalue weighted by molar-refractivity contribution is 0.434. The number of hydrogen-bond donors (Lipinski definition) is 3. The maximum Gasteiger partial charge on any atom is 0.124 e. The number of halogens is 1. The zero-order chi connectivity index (χ0) is 14.0. The van der Waals surface area contributed by atoms with Gasteiger partial charge >= 0.3 is 0 Å². The lowest BCUT2D eigenvalue weighted by atomic mass is 10.1. The van der Waals surface area contributed by atoms with Gasteiger partial charge in [-0.2, -0.15) is 0 Å². The van der Waals surface area contributed by atoms with Gasteiger partial charge in [0.25, 0.3) is 0 Å². The summed E-state index contributed by atoms with van der Waals surface area (Å²) < 4.78 is 0.953. The van der Waals surface area contributed by atoms with Crippen molar-refractivity contribution >= 4 is 21.6 Å². The van der Waals surface area contributed by atoms with Gasteiger partial charge in [0.15, 0.2) is 0 Å². The van der Waals surface area contributed by atoms with Crippen LogP contribution in [0.3, 0.4) is 0 Å². The number of benzene rings is 2. The number of phenols is 2. The van der Waals surface area contributed by atoms with Gasteiger partial charge in [0.2, 0.25) is 0 Å². The molecule has 0 aliphatic heterocycles. The highest BCUT2D eigenvalue weighted by Gasteiger charge is 2.15. The molecule has 3 N–H and O–H groups in total. The summed E-state index contributed by atoms with van der Waals surface area (Å²) in [7, 11) is 0. The van der Waals surface area contributed by atoms with E-state index in [0.717, 1.165) is 15.7 Å². The van der Waals surface area contributed by atoms with Gasteiger partial charge in [-0.15, -0.1) is 0 Å². The Hall–Kier alpha value is -1.68. The van der Waals surface area contributed by atoms with Gasteiger partial charge in [0.05, 0.1) is 11.6 Å². The first-order chi connectivity index (χ1) is 8.99. The maximum absolute atomic E-state index is 9.84. The van der Waals surface area contributed by atoms with Crippen LogP contribution in [0.15, 0.2) is 40.9 Å². The second-order valence-electron chi connectivity index (χ2n) is 4.56. The fourth-order valence-electron chi connectivity index (χ4n) is 2.03. The zero-order valence-electron chi connectivity index (χ0n) is 10.8. The van der Waals surface area contributed by atoms with Crippen molar-refractivity contribution in [2.75, 3.05) is 5.32 Å². The van der Waals surface area contributed by atoms with Crippen LogP contribution < -0.4 is 5.32 Å². The second kappa shape index (κ2) is 5.53. The van der Waals surface area contributed by atoms with Gasteiger partial charge < -0.3 is 15.5 Å². The summed E-state index contributed by atoms with van der Waals surface area (Å²) in [6.45, 7) is 3.91. The Balaban J connectivity index is 2.28. The molecule has 0 aromatic heterocycles. The van der Waals surface area contributed by atoms with E-state index >= 15 is 0 Å². The van der Waals surface area contributed by atoms with Gasteiger partial charge in [-0.25, -0.2) is 0 Å². The maximum atomic E-state index is 9.84. The molecule has 2 aromatic rings. The molecule has 0 heterocycles. The van der Waals surface area contributed by atoms with Crippen LogP contribution in [0.1, 0.15) is 24.1 Å². The minimum atomic E-state index is -0.208. The normalized spacial score (nSPS) is 12.2. The molecule has 0 saturated heterocycles. The first kappa shape index (κ1) is 13.7. The minimum Gasteiger partial charge on any atom is -0.507 e. The molecule has 1 unspecified atom stereocenters. The molecule has 0 bridgehead atoms. The molecule has 2 aromatic carbocycles. The van der Waals surface area contributed by atoms with Crippen LogP contribution in [0.2, 0.25) is 0 Å². The van der Waals surface area contributed by atoms with E-state index in [0.29, 0.717) is 5.56 Å². The molecule has 0 aliphatic carbocycles. The van der Waals surface area contributed by atoms with Crippen LogP contribution in [-0.2, 0) is 0 Å². The molecule has 1 atom stereocenters. The summed E-state index contributed by atoms with van der Waals surface area (Å²) in [5.74, 6) is 0.173. The number of aromatic hydroxyl groups is 2. The van der Waals surface area contributed by atoms with Gasteiger partial charge in [0, 0.05) is 10.2 Å². The highest BCUT2D eigenvalue weighted by molar-refractivity contribution is 9.10. The Morgan fingerprint density at radius 3 is 2.32 bits per heavy atom. The third kappa shape index (κ3) is 3.01. The molecular formula is C15H16BrNO2. The second-order valence-corrected chi connectivity index (χ2v) is 5.41. The molecule has 19 heavy (non-hydrogen) atoms. The standard InChI is InChI=1S/C15H16BrNO2/c1-9-6-7-12(11(16)8-9)17-10(2)15-13(18)4-3-5-14(15)19/h3-8,10,17-19H,1-2H3. The van der Waals surface area contributed by atoms with E-state index in [1.807, 2.05) is 32.0 Å². The van der Waals surface area contributed by atoms with Crippen molar-refractivity contribution in [1.82, 2.24) is 0 Å². The molecular weight excluding hydrogens is 306 g/mol. The van der Waals surface area contributed by atoms with E-state index in [4.69, 9.17) is 0 Å². The van der Waals surface area contributed by atoms with E-state index in [-0.39, 0.29) is 17.5 Å². The van der Waals surface area contributed by atoms with Gasteiger partial charge in [-0.1, -0.05) is 12.1 Å². The predicted octanol–water partition coefficient (Wildman–Crippen LogP) is 4.34. The van der Waals surface area contributed by atoms with Crippen molar-refractivity contribution in [2.24, 2.45) is 0 Å². The van der Waals surface area contributed by atoms with Gasteiger partial charge in [-0.05, 0) is 59.6 Å². The lowest BCUT2D eigenvalue weighted by Gasteiger charge is -2.19. The molecule has 3 nitrogen and oxygen atoms in total. The molecule has 0 fully saturated rings. The van der Waals surface area contributed by atoms with Crippen molar-refractivity contribution in [3.63, 3.8) is 0 Å². The molecule has 100 valence electrons. The molecule has 0 radical (unpaired) electrons. The van der Waals surface area contributed by atoms with Crippen LogP contribution in [0.4, 0.5) is 5.69 Å². The van der Waals surface area contributed by atoms with E-state index in [9.17, 15) is 10.2 Å².